The monoisotopic (exact) mass is 393 g/mol. The molecule has 1 saturated heterocycles. The van der Waals surface area contributed by atoms with Crippen LogP contribution >= 0.6 is 0 Å². The maximum atomic E-state index is 9.64. The summed E-state index contributed by atoms with van der Waals surface area (Å²) >= 11 is 0. The molecule has 0 amide bonds. The van der Waals surface area contributed by atoms with E-state index in [1.807, 2.05) is 19.1 Å². The second kappa shape index (κ2) is 9.44. The number of rotatable bonds is 8. The average molecular weight is 394 g/mol. The Bertz CT molecular complexity index is 890. The summed E-state index contributed by atoms with van der Waals surface area (Å²) < 4.78 is 5.81. The van der Waals surface area contributed by atoms with Gasteiger partial charge >= 0.3 is 0 Å². The van der Waals surface area contributed by atoms with Gasteiger partial charge in [0, 0.05) is 62.1 Å². The molecule has 3 aromatic rings. The fraction of sp³-hybridized carbons (Fsp3) is 0.417. The van der Waals surface area contributed by atoms with Crippen LogP contribution in [-0.2, 0) is 13.1 Å². The number of para-hydroxylation sites is 2. The van der Waals surface area contributed by atoms with Crippen LogP contribution in [0.25, 0.3) is 10.9 Å². The van der Waals surface area contributed by atoms with E-state index in [0.717, 1.165) is 44.9 Å². The zero-order valence-corrected chi connectivity index (χ0v) is 17.2. The molecule has 0 bridgehead atoms. The summed E-state index contributed by atoms with van der Waals surface area (Å²) in [4.78, 5) is 8.53. The Hall–Kier alpha value is -2.34. The molecular weight excluding hydrogens is 362 g/mol. The van der Waals surface area contributed by atoms with Gasteiger partial charge in [0.2, 0.25) is 0 Å². The Labute approximate surface area is 172 Å². The van der Waals surface area contributed by atoms with Crippen molar-refractivity contribution in [3.05, 3.63) is 65.9 Å². The lowest BCUT2D eigenvalue weighted by atomic mass is 10.1. The lowest BCUT2D eigenvalue weighted by Crippen LogP contribution is -2.52. The second-order valence-corrected chi connectivity index (χ2v) is 7.79. The van der Waals surface area contributed by atoms with Crippen molar-refractivity contribution >= 4 is 10.9 Å². The third-order valence-electron chi connectivity index (χ3n) is 5.78. The molecule has 1 aliphatic rings. The molecule has 0 spiro atoms. The topological polar surface area (TPSA) is 51.7 Å². The first-order valence-electron chi connectivity index (χ1n) is 10.6. The molecule has 0 unspecified atom stereocenters. The summed E-state index contributed by atoms with van der Waals surface area (Å²) in [6, 6.07) is 19.3. The number of ether oxygens (including phenoxy) is 1. The number of piperazine rings is 1. The molecule has 1 aliphatic heterocycles. The van der Waals surface area contributed by atoms with Gasteiger partial charge in [-0.15, -0.1) is 0 Å². The zero-order valence-electron chi connectivity index (χ0n) is 17.2. The molecule has 2 heterocycles. The lowest BCUT2D eigenvalue weighted by molar-refractivity contribution is 0.0489. The van der Waals surface area contributed by atoms with Gasteiger partial charge in [0.15, 0.2) is 0 Å². The van der Waals surface area contributed by atoms with Crippen LogP contribution in [0.2, 0.25) is 0 Å². The molecule has 29 heavy (non-hydrogen) atoms. The molecule has 2 N–H and O–H groups in total. The number of nitrogens with zero attached hydrogens (tertiary/aromatic N) is 2. The number of nitrogens with one attached hydrogen (secondary N) is 1. The summed E-state index contributed by atoms with van der Waals surface area (Å²) in [6.45, 7) is 7.67. The number of fused-ring (bicyclic) bond motifs is 1. The number of hydrogen-bond acceptors (Lipinski definition) is 4. The van der Waals surface area contributed by atoms with Crippen molar-refractivity contribution in [2.45, 2.75) is 32.5 Å². The van der Waals surface area contributed by atoms with Crippen molar-refractivity contribution in [3.8, 4) is 5.75 Å². The highest BCUT2D eigenvalue weighted by molar-refractivity contribution is 5.80. The minimum absolute atomic E-state index is 0.217. The Morgan fingerprint density at radius 1 is 1.07 bits per heavy atom. The number of aliphatic hydroxyl groups is 1. The first kappa shape index (κ1) is 20.0. The van der Waals surface area contributed by atoms with Crippen LogP contribution in [0.4, 0.5) is 0 Å². The van der Waals surface area contributed by atoms with E-state index in [4.69, 9.17) is 4.74 Å². The normalized spacial score (nSPS) is 18.3. The largest absolute Gasteiger partial charge is 0.494 e. The predicted octanol–water partition coefficient (Wildman–Crippen LogP) is 3.64. The molecule has 4 rings (SSSR count). The maximum absolute atomic E-state index is 9.64. The summed E-state index contributed by atoms with van der Waals surface area (Å²) in [5.41, 5.74) is 3.67. The standard InChI is InChI=1S/C24H31N3O2/c1-2-29-24-10-6-4-8-20(24)16-27-13-12-26(18-22(27)11-14-28)17-21-15-19-7-3-5-9-23(19)25-21/h3-10,15,22,25,28H,2,11-14,16-18H2,1H3/t22-/m1/s1. The maximum Gasteiger partial charge on any atom is 0.123 e. The number of hydrogen-bond donors (Lipinski definition) is 2. The Balaban J connectivity index is 1.43. The van der Waals surface area contributed by atoms with Crippen molar-refractivity contribution < 1.29 is 9.84 Å². The van der Waals surface area contributed by atoms with E-state index in [1.165, 1.54) is 22.2 Å². The first-order chi connectivity index (χ1) is 14.3. The van der Waals surface area contributed by atoms with E-state index in [1.54, 1.807) is 0 Å². The van der Waals surface area contributed by atoms with E-state index >= 15 is 0 Å². The van der Waals surface area contributed by atoms with Gasteiger partial charge in [-0.2, -0.15) is 0 Å². The van der Waals surface area contributed by atoms with E-state index in [-0.39, 0.29) is 6.61 Å². The molecular formula is C24H31N3O2. The third-order valence-corrected chi connectivity index (χ3v) is 5.78. The molecule has 154 valence electrons. The van der Waals surface area contributed by atoms with Crippen molar-refractivity contribution in [1.29, 1.82) is 0 Å². The number of H-pyrrole nitrogens is 1. The molecule has 5 nitrogen and oxygen atoms in total. The first-order valence-corrected chi connectivity index (χ1v) is 10.6. The number of aromatic amines is 1. The summed E-state index contributed by atoms with van der Waals surface area (Å²) in [5.74, 6) is 0.971. The van der Waals surface area contributed by atoms with Crippen LogP contribution < -0.4 is 4.74 Å². The van der Waals surface area contributed by atoms with E-state index in [2.05, 4.69) is 57.2 Å². The van der Waals surface area contributed by atoms with Crippen LogP contribution in [0.5, 0.6) is 5.75 Å². The van der Waals surface area contributed by atoms with Gasteiger partial charge in [0.05, 0.1) is 6.61 Å². The summed E-state index contributed by atoms with van der Waals surface area (Å²) in [6.07, 6.45) is 0.792. The summed E-state index contributed by atoms with van der Waals surface area (Å²) in [5, 5.41) is 10.9. The minimum atomic E-state index is 0.217. The number of benzene rings is 2. The van der Waals surface area contributed by atoms with Crippen molar-refractivity contribution in [1.82, 2.24) is 14.8 Å². The van der Waals surface area contributed by atoms with Crippen LogP contribution in [-0.4, -0.2) is 58.8 Å². The van der Waals surface area contributed by atoms with Gasteiger partial charge in [0.25, 0.3) is 0 Å². The highest BCUT2D eigenvalue weighted by Crippen LogP contribution is 2.24. The van der Waals surface area contributed by atoms with Gasteiger partial charge in [-0.25, -0.2) is 0 Å². The van der Waals surface area contributed by atoms with Crippen LogP contribution in [0, 0.1) is 0 Å². The van der Waals surface area contributed by atoms with E-state index < -0.39 is 0 Å². The van der Waals surface area contributed by atoms with Crippen molar-refractivity contribution in [2.24, 2.45) is 0 Å². The SMILES string of the molecule is CCOc1ccccc1CN1CCN(Cc2cc3ccccc3[nH]2)C[C@H]1CCO. The molecule has 1 aromatic heterocycles. The molecule has 0 radical (unpaired) electrons. The Morgan fingerprint density at radius 3 is 2.72 bits per heavy atom. The van der Waals surface area contributed by atoms with E-state index in [0.29, 0.717) is 12.6 Å². The molecule has 0 saturated carbocycles. The molecule has 2 aromatic carbocycles. The van der Waals surface area contributed by atoms with Gasteiger partial charge in [-0.05, 0) is 36.9 Å². The van der Waals surface area contributed by atoms with Crippen LogP contribution in [0.1, 0.15) is 24.6 Å². The van der Waals surface area contributed by atoms with Gasteiger partial charge in [-0.3, -0.25) is 9.80 Å². The van der Waals surface area contributed by atoms with Gasteiger partial charge in [-0.1, -0.05) is 36.4 Å². The summed E-state index contributed by atoms with van der Waals surface area (Å²) in [7, 11) is 0. The highest BCUT2D eigenvalue weighted by atomic mass is 16.5. The molecule has 1 fully saturated rings. The fourth-order valence-electron chi connectivity index (χ4n) is 4.34. The van der Waals surface area contributed by atoms with Crippen LogP contribution in [0.15, 0.2) is 54.6 Å². The third kappa shape index (κ3) is 4.81. The number of aromatic nitrogens is 1. The average Bonchev–Trinajstić information content (AvgIpc) is 3.14. The highest BCUT2D eigenvalue weighted by Gasteiger charge is 2.27. The quantitative estimate of drug-likeness (QED) is 0.614. The van der Waals surface area contributed by atoms with Gasteiger partial charge in [0.1, 0.15) is 5.75 Å². The van der Waals surface area contributed by atoms with Crippen LogP contribution in [0.3, 0.4) is 0 Å². The zero-order chi connectivity index (χ0) is 20.1. The van der Waals surface area contributed by atoms with E-state index in [9.17, 15) is 5.11 Å². The Kier molecular flexibility index (Phi) is 6.49. The van der Waals surface area contributed by atoms with Crippen molar-refractivity contribution in [2.75, 3.05) is 32.8 Å². The Morgan fingerprint density at radius 2 is 1.90 bits per heavy atom. The van der Waals surface area contributed by atoms with Crippen molar-refractivity contribution in [3.63, 3.8) is 0 Å². The lowest BCUT2D eigenvalue weighted by Gasteiger charge is -2.41. The molecule has 0 aliphatic carbocycles. The smallest absolute Gasteiger partial charge is 0.123 e. The predicted molar refractivity (Wildman–Crippen MR) is 117 cm³/mol. The molecule has 5 heteroatoms. The van der Waals surface area contributed by atoms with Gasteiger partial charge < -0.3 is 14.8 Å². The second-order valence-electron chi connectivity index (χ2n) is 7.79. The number of aliphatic hydroxyl groups excluding tert-OH is 1. The molecule has 1 atom stereocenters. The minimum Gasteiger partial charge on any atom is -0.494 e. The fourth-order valence-corrected chi connectivity index (χ4v) is 4.34.